The topological polar surface area (TPSA) is 56.5 Å². The molecule has 4 nitrogen and oxygen atoms in total. The third-order valence-corrected chi connectivity index (χ3v) is 3.37. The van der Waals surface area contributed by atoms with Gasteiger partial charge in [-0.2, -0.15) is 0 Å². The molecular formula is C16H18O4. The van der Waals surface area contributed by atoms with Crippen LogP contribution in [-0.2, 0) is 14.3 Å². The van der Waals surface area contributed by atoms with E-state index in [1.54, 1.807) is 13.8 Å². The van der Waals surface area contributed by atoms with Gasteiger partial charge in [-0.05, 0) is 45.8 Å². The highest BCUT2D eigenvalue weighted by atomic mass is 16.6. The Morgan fingerprint density at radius 3 is 2.15 bits per heavy atom. The van der Waals surface area contributed by atoms with Crippen LogP contribution in [0.15, 0.2) is 27.2 Å². The molecule has 2 heterocycles. The van der Waals surface area contributed by atoms with Crippen molar-refractivity contribution in [3.05, 3.63) is 39.9 Å². The Morgan fingerprint density at radius 1 is 1.10 bits per heavy atom. The van der Waals surface area contributed by atoms with Crippen molar-refractivity contribution >= 4 is 17.5 Å². The number of allylic oxidation sites excluding steroid dienone is 2. The summed E-state index contributed by atoms with van der Waals surface area (Å²) >= 11 is 0. The molecule has 0 aromatic carbocycles. The molecule has 1 aromatic heterocycles. The Kier molecular flexibility index (Phi) is 3.66. The maximum Gasteiger partial charge on any atom is 0.347 e. The molecule has 0 atom stereocenters. The van der Waals surface area contributed by atoms with Crippen LogP contribution in [0.1, 0.15) is 44.3 Å². The molecule has 0 spiro atoms. The third kappa shape index (κ3) is 2.22. The van der Waals surface area contributed by atoms with Gasteiger partial charge < -0.3 is 9.15 Å². The van der Waals surface area contributed by atoms with Crippen LogP contribution < -0.4 is 0 Å². The zero-order valence-electron chi connectivity index (χ0n) is 12.4. The number of carbonyl (C=O) groups is 2. The highest BCUT2D eigenvalue weighted by Crippen LogP contribution is 2.36. The van der Waals surface area contributed by atoms with Crippen molar-refractivity contribution in [3.63, 3.8) is 0 Å². The molecule has 0 bridgehead atoms. The van der Waals surface area contributed by atoms with E-state index in [1.807, 2.05) is 26.8 Å². The fraction of sp³-hybridized carbons (Fsp3) is 0.375. The Bertz CT molecular complexity index is 652. The molecule has 20 heavy (non-hydrogen) atoms. The van der Waals surface area contributed by atoms with Gasteiger partial charge in [0.1, 0.15) is 11.5 Å². The lowest BCUT2D eigenvalue weighted by Gasteiger charge is -2.07. The second-order valence-electron chi connectivity index (χ2n) is 5.09. The van der Waals surface area contributed by atoms with Gasteiger partial charge in [0.25, 0.3) is 0 Å². The summed E-state index contributed by atoms with van der Waals surface area (Å²) in [5, 5.41) is 0. The van der Waals surface area contributed by atoms with Crippen molar-refractivity contribution in [3.8, 4) is 0 Å². The molecule has 2 rings (SSSR count). The SMILES string of the molecule is CC/C(=C1/C(=O)OC(=O)C1=C(C)C)c1cc(C)oc1C. The first-order valence-electron chi connectivity index (χ1n) is 6.61. The van der Waals surface area contributed by atoms with E-state index in [-0.39, 0.29) is 0 Å². The molecule has 1 saturated heterocycles. The van der Waals surface area contributed by atoms with E-state index >= 15 is 0 Å². The fourth-order valence-electron chi connectivity index (χ4n) is 2.55. The molecule has 106 valence electrons. The minimum absolute atomic E-state index is 0.376. The average Bonchev–Trinajstić information content (AvgIpc) is 2.81. The summed E-state index contributed by atoms with van der Waals surface area (Å²) in [5.74, 6) is 0.391. The molecule has 4 heteroatoms. The van der Waals surface area contributed by atoms with Gasteiger partial charge in [0.05, 0.1) is 11.1 Å². The van der Waals surface area contributed by atoms with E-state index in [0.717, 1.165) is 28.2 Å². The third-order valence-electron chi connectivity index (χ3n) is 3.37. The molecule has 0 amide bonds. The number of hydrogen-bond donors (Lipinski definition) is 0. The highest BCUT2D eigenvalue weighted by Gasteiger charge is 2.37. The van der Waals surface area contributed by atoms with Crippen molar-refractivity contribution in [1.82, 2.24) is 0 Å². The normalized spacial score (nSPS) is 17.6. The van der Waals surface area contributed by atoms with Crippen LogP contribution in [0.4, 0.5) is 0 Å². The van der Waals surface area contributed by atoms with Gasteiger partial charge in [0.2, 0.25) is 0 Å². The number of hydrogen-bond acceptors (Lipinski definition) is 4. The van der Waals surface area contributed by atoms with Gasteiger partial charge in [-0.1, -0.05) is 12.5 Å². The van der Waals surface area contributed by atoms with Crippen LogP contribution in [-0.4, -0.2) is 11.9 Å². The predicted octanol–water partition coefficient (Wildman–Crippen LogP) is 3.48. The minimum Gasteiger partial charge on any atom is -0.466 e. The minimum atomic E-state index is -0.568. The second kappa shape index (κ2) is 5.12. The van der Waals surface area contributed by atoms with Gasteiger partial charge in [-0.3, -0.25) is 0 Å². The number of aryl methyl sites for hydroxylation is 2. The number of cyclic esters (lactones) is 2. The van der Waals surface area contributed by atoms with Crippen LogP contribution >= 0.6 is 0 Å². The Morgan fingerprint density at radius 2 is 1.70 bits per heavy atom. The average molecular weight is 274 g/mol. The summed E-state index contributed by atoms with van der Waals surface area (Å²) in [6, 6.07) is 1.89. The van der Waals surface area contributed by atoms with E-state index < -0.39 is 11.9 Å². The molecule has 1 aliphatic heterocycles. The predicted molar refractivity (Wildman–Crippen MR) is 74.9 cm³/mol. The standard InChI is InChI=1S/C16H18O4/c1-6-11(12-7-9(4)19-10(12)5)14-13(8(2)3)15(17)20-16(14)18/h7H,6H2,1-5H3/b14-11-. The summed E-state index contributed by atoms with van der Waals surface area (Å²) < 4.78 is 10.3. The van der Waals surface area contributed by atoms with Crippen LogP contribution in [0.25, 0.3) is 5.57 Å². The Hall–Kier alpha value is -2.10. The molecule has 0 aliphatic carbocycles. The smallest absolute Gasteiger partial charge is 0.347 e. The van der Waals surface area contributed by atoms with Crippen LogP contribution in [0.5, 0.6) is 0 Å². The Balaban J connectivity index is 2.75. The molecule has 1 aromatic rings. The first-order valence-corrected chi connectivity index (χ1v) is 6.61. The van der Waals surface area contributed by atoms with E-state index in [4.69, 9.17) is 9.15 Å². The van der Waals surface area contributed by atoms with Crippen LogP contribution in [0.2, 0.25) is 0 Å². The summed E-state index contributed by atoms with van der Waals surface area (Å²) in [5.41, 5.74) is 3.20. The van der Waals surface area contributed by atoms with E-state index in [9.17, 15) is 9.59 Å². The lowest BCUT2D eigenvalue weighted by molar-refractivity contribution is -0.149. The Labute approximate surface area is 118 Å². The van der Waals surface area contributed by atoms with E-state index in [0.29, 0.717) is 17.6 Å². The lowest BCUT2D eigenvalue weighted by Crippen LogP contribution is -2.01. The van der Waals surface area contributed by atoms with Gasteiger partial charge in [-0.15, -0.1) is 0 Å². The van der Waals surface area contributed by atoms with E-state index in [1.165, 1.54) is 0 Å². The van der Waals surface area contributed by atoms with Crippen molar-refractivity contribution in [2.75, 3.05) is 0 Å². The van der Waals surface area contributed by atoms with Crippen molar-refractivity contribution in [2.45, 2.75) is 41.0 Å². The van der Waals surface area contributed by atoms with Gasteiger partial charge in [0, 0.05) is 5.56 Å². The molecule has 0 radical (unpaired) electrons. The molecule has 1 fully saturated rings. The summed E-state index contributed by atoms with van der Waals surface area (Å²) in [7, 11) is 0. The van der Waals surface area contributed by atoms with Gasteiger partial charge >= 0.3 is 11.9 Å². The lowest BCUT2D eigenvalue weighted by atomic mass is 9.92. The first-order chi connectivity index (χ1) is 9.36. The first kappa shape index (κ1) is 14.3. The maximum absolute atomic E-state index is 12.0. The number of esters is 2. The summed E-state index contributed by atoms with van der Waals surface area (Å²) in [4.78, 5) is 23.8. The number of rotatable bonds is 2. The van der Waals surface area contributed by atoms with Crippen LogP contribution in [0, 0.1) is 13.8 Å². The van der Waals surface area contributed by atoms with Gasteiger partial charge in [-0.25, -0.2) is 9.59 Å². The van der Waals surface area contributed by atoms with Gasteiger partial charge in [0.15, 0.2) is 0 Å². The summed E-state index contributed by atoms with van der Waals surface area (Å²) in [6.45, 7) is 9.26. The van der Waals surface area contributed by atoms with Crippen molar-refractivity contribution in [2.24, 2.45) is 0 Å². The molecule has 1 aliphatic rings. The molecule has 0 N–H and O–H groups in total. The summed E-state index contributed by atoms with van der Waals surface area (Å²) in [6.07, 6.45) is 0.619. The number of carbonyl (C=O) groups excluding carboxylic acids is 2. The number of ether oxygens (including phenoxy) is 1. The quantitative estimate of drug-likeness (QED) is 0.470. The molecule has 0 unspecified atom stereocenters. The second-order valence-corrected chi connectivity index (χ2v) is 5.09. The van der Waals surface area contributed by atoms with E-state index in [2.05, 4.69) is 0 Å². The highest BCUT2D eigenvalue weighted by molar-refractivity contribution is 6.22. The van der Waals surface area contributed by atoms with Crippen LogP contribution in [0.3, 0.4) is 0 Å². The number of furan rings is 1. The molecular weight excluding hydrogens is 256 g/mol. The monoisotopic (exact) mass is 274 g/mol. The van der Waals surface area contributed by atoms with Crippen molar-refractivity contribution < 1.29 is 18.7 Å². The molecule has 0 saturated carbocycles. The fourth-order valence-corrected chi connectivity index (χ4v) is 2.55. The zero-order valence-corrected chi connectivity index (χ0v) is 12.4. The maximum atomic E-state index is 12.0. The van der Waals surface area contributed by atoms with Crippen molar-refractivity contribution in [1.29, 1.82) is 0 Å². The zero-order chi connectivity index (χ0) is 15.0. The largest absolute Gasteiger partial charge is 0.466 e.